The van der Waals surface area contributed by atoms with E-state index in [2.05, 4.69) is 0 Å². The highest BCUT2D eigenvalue weighted by Gasteiger charge is 2.91. The molecule has 6 rings (SSSR count). The van der Waals surface area contributed by atoms with Gasteiger partial charge in [-0.3, -0.25) is 9.59 Å². The maximum absolute atomic E-state index is 11.2. The van der Waals surface area contributed by atoms with E-state index in [9.17, 15) is 9.59 Å². The maximum Gasteiger partial charge on any atom is 0.302 e. The zero-order valence-electron chi connectivity index (χ0n) is 10.4. The van der Waals surface area contributed by atoms with Crippen molar-refractivity contribution in [2.24, 2.45) is 47.3 Å². The van der Waals surface area contributed by atoms with Crippen LogP contribution in [0, 0.1) is 47.3 Å². The van der Waals surface area contributed by atoms with Gasteiger partial charge in [-0.15, -0.1) is 0 Å². The SMILES string of the molecule is CC(=O)O[C@@H]1[C@@H]2[C@@H]3[C@H](OC(C)=O)[C@H]4[C@H]2[C@@H]2[C@H]1[C@@H]3[C@H]42. The van der Waals surface area contributed by atoms with Crippen molar-refractivity contribution in [3.63, 3.8) is 0 Å². The highest BCUT2D eigenvalue weighted by atomic mass is 16.6. The number of hydrogen-bond donors (Lipinski definition) is 0. The van der Waals surface area contributed by atoms with E-state index in [0.29, 0.717) is 35.5 Å². The molecule has 6 fully saturated rings. The molecule has 18 heavy (non-hydrogen) atoms. The van der Waals surface area contributed by atoms with Gasteiger partial charge in [-0.25, -0.2) is 0 Å². The summed E-state index contributed by atoms with van der Waals surface area (Å²) in [5, 5.41) is 0. The molecule has 0 amide bonds. The molecule has 6 aliphatic carbocycles. The van der Waals surface area contributed by atoms with Gasteiger partial charge in [0.05, 0.1) is 0 Å². The van der Waals surface area contributed by atoms with Gasteiger partial charge in [-0.05, 0) is 23.7 Å². The summed E-state index contributed by atoms with van der Waals surface area (Å²) in [4.78, 5) is 22.5. The van der Waals surface area contributed by atoms with Crippen LogP contribution in [-0.4, -0.2) is 24.1 Å². The van der Waals surface area contributed by atoms with E-state index < -0.39 is 0 Å². The molecular formula is C14H16O4. The summed E-state index contributed by atoms with van der Waals surface area (Å²) in [6.07, 6.45) is 0.267. The first-order valence-corrected chi connectivity index (χ1v) is 6.95. The summed E-state index contributed by atoms with van der Waals surface area (Å²) in [6, 6.07) is 0. The van der Waals surface area contributed by atoms with Crippen LogP contribution in [-0.2, 0) is 19.1 Å². The molecule has 6 aliphatic rings. The predicted octanol–water partition coefficient (Wildman–Crippen LogP) is 0.847. The Morgan fingerprint density at radius 1 is 0.611 bits per heavy atom. The molecule has 0 aromatic carbocycles. The van der Waals surface area contributed by atoms with Gasteiger partial charge in [0.1, 0.15) is 12.2 Å². The third-order valence-corrected chi connectivity index (χ3v) is 6.57. The Labute approximate surface area is 105 Å². The van der Waals surface area contributed by atoms with Gasteiger partial charge >= 0.3 is 11.9 Å². The van der Waals surface area contributed by atoms with E-state index in [-0.39, 0.29) is 24.1 Å². The highest BCUT2D eigenvalue weighted by molar-refractivity contribution is 5.67. The lowest BCUT2D eigenvalue weighted by atomic mass is 9.41. The smallest absolute Gasteiger partial charge is 0.302 e. The molecule has 0 aromatic rings. The molecule has 0 spiro atoms. The maximum atomic E-state index is 11.2. The topological polar surface area (TPSA) is 52.6 Å². The average Bonchev–Trinajstić information content (AvgIpc) is 2.69. The lowest BCUT2D eigenvalue weighted by Crippen LogP contribution is -2.61. The van der Waals surface area contributed by atoms with Crippen LogP contribution < -0.4 is 0 Å². The molecule has 4 nitrogen and oxygen atoms in total. The van der Waals surface area contributed by atoms with Crippen molar-refractivity contribution in [2.45, 2.75) is 26.1 Å². The largest absolute Gasteiger partial charge is 0.462 e. The number of rotatable bonds is 2. The minimum atomic E-state index is -0.156. The van der Waals surface area contributed by atoms with Crippen LogP contribution >= 0.6 is 0 Å². The fourth-order valence-electron chi connectivity index (χ4n) is 6.78. The Hall–Kier alpha value is -1.06. The number of ether oxygens (including phenoxy) is 2. The number of hydrogen-bond acceptors (Lipinski definition) is 4. The Morgan fingerprint density at radius 3 is 1.22 bits per heavy atom. The molecule has 0 heterocycles. The molecule has 96 valence electrons. The van der Waals surface area contributed by atoms with Gasteiger partial charge in [0.25, 0.3) is 0 Å². The van der Waals surface area contributed by atoms with Gasteiger partial charge in [0.15, 0.2) is 0 Å². The zero-order valence-corrected chi connectivity index (χ0v) is 10.4. The average molecular weight is 248 g/mol. The summed E-state index contributed by atoms with van der Waals surface area (Å²) in [5.74, 6) is 4.80. The first-order valence-electron chi connectivity index (χ1n) is 6.95. The Morgan fingerprint density at radius 2 is 0.889 bits per heavy atom. The van der Waals surface area contributed by atoms with E-state index in [4.69, 9.17) is 9.47 Å². The number of carbonyl (C=O) groups excluding carboxylic acids is 2. The number of esters is 2. The molecule has 0 N–H and O–H groups in total. The first kappa shape index (κ1) is 9.82. The van der Waals surface area contributed by atoms with Crippen molar-refractivity contribution in [1.29, 1.82) is 0 Å². The van der Waals surface area contributed by atoms with Crippen molar-refractivity contribution in [3.8, 4) is 0 Å². The minimum absolute atomic E-state index is 0.134. The summed E-state index contributed by atoms with van der Waals surface area (Å²) in [6.45, 7) is 3.00. The van der Waals surface area contributed by atoms with Crippen molar-refractivity contribution in [2.75, 3.05) is 0 Å². The van der Waals surface area contributed by atoms with Gasteiger partial charge < -0.3 is 9.47 Å². The van der Waals surface area contributed by atoms with Gasteiger partial charge in [-0.1, -0.05) is 0 Å². The van der Waals surface area contributed by atoms with Gasteiger partial charge in [0.2, 0.25) is 0 Å². The molecular weight excluding hydrogens is 232 g/mol. The van der Waals surface area contributed by atoms with Crippen molar-refractivity contribution >= 4 is 11.9 Å². The van der Waals surface area contributed by atoms with Gasteiger partial charge in [-0.2, -0.15) is 0 Å². The van der Waals surface area contributed by atoms with E-state index in [1.54, 1.807) is 0 Å². The Balaban J connectivity index is 1.49. The second-order valence-electron chi connectivity index (χ2n) is 6.77. The first-order chi connectivity index (χ1) is 8.61. The van der Waals surface area contributed by atoms with Crippen LogP contribution in [0.1, 0.15) is 13.8 Å². The molecule has 0 radical (unpaired) electrons. The van der Waals surface area contributed by atoms with E-state index in [1.807, 2.05) is 0 Å². The molecule has 4 heteroatoms. The quantitative estimate of drug-likeness (QED) is 0.680. The lowest BCUT2D eigenvalue weighted by molar-refractivity contribution is -0.183. The molecule has 6 saturated carbocycles. The zero-order chi connectivity index (χ0) is 12.3. The fourth-order valence-corrected chi connectivity index (χ4v) is 6.78. The van der Waals surface area contributed by atoms with Crippen LogP contribution in [0.4, 0.5) is 0 Å². The van der Waals surface area contributed by atoms with Crippen molar-refractivity contribution in [1.82, 2.24) is 0 Å². The summed E-state index contributed by atoms with van der Waals surface area (Å²) < 4.78 is 11.1. The van der Waals surface area contributed by atoms with Crippen LogP contribution in [0.15, 0.2) is 0 Å². The Kier molecular flexibility index (Phi) is 1.42. The van der Waals surface area contributed by atoms with Crippen molar-refractivity contribution < 1.29 is 19.1 Å². The highest BCUT2D eigenvalue weighted by Crippen LogP contribution is 2.89. The third-order valence-electron chi connectivity index (χ3n) is 6.57. The predicted molar refractivity (Wildman–Crippen MR) is 59.0 cm³/mol. The van der Waals surface area contributed by atoms with Crippen LogP contribution in [0.25, 0.3) is 0 Å². The monoisotopic (exact) mass is 248 g/mol. The van der Waals surface area contributed by atoms with Crippen molar-refractivity contribution in [3.05, 3.63) is 0 Å². The van der Waals surface area contributed by atoms with E-state index in [0.717, 1.165) is 11.8 Å². The van der Waals surface area contributed by atoms with E-state index >= 15 is 0 Å². The standard InChI is InChI=1S/C14H16O4/c1-3(15)17-13-9-5-6-7(9)12-11(13)8(5)10(6)14(12)18-4(2)16/h5-14H,1-2H3/t5-,6-,7-,8+,9-,10+,11-,12+,13-,14+/m1/s1. The van der Waals surface area contributed by atoms with Gasteiger partial charge in [0, 0.05) is 37.5 Å². The lowest BCUT2D eigenvalue weighted by Gasteiger charge is -2.62. The van der Waals surface area contributed by atoms with Crippen LogP contribution in [0.5, 0.6) is 0 Å². The molecule has 0 aliphatic heterocycles. The summed E-state index contributed by atoms with van der Waals surface area (Å²) in [7, 11) is 0. The minimum Gasteiger partial charge on any atom is -0.462 e. The van der Waals surface area contributed by atoms with Crippen LogP contribution in [0.2, 0.25) is 0 Å². The summed E-state index contributed by atoms with van der Waals surface area (Å²) in [5.41, 5.74) is 0. The second kappa shape index (κ2) is 2.61. The Bertz CT molecular complexity index is 442. The molecule has 10 atom stereocenters. The summed E-state index contributed by atoms with van der Waals surface area (Å²) >= 11 is 0. The molecule has 4 bridgehead atoms. The molecule has 0 saturated heterocycles. The fraction of sp³-hybridized carbons (Fsp3) is 0.857. The second-order valence-corrected chi connectivity index (χ2v) is 6.77. The van der Waals surface area contributed by atoms with E-state index in [1.165, 1.54) is 13.8 Å². The van der Waals surface area contributed by atoms with Crippen LogP contribution in [0.3, 0.4) is 0 Å². The third kappa shape index (κ3) is 0.733. The molecule has 0 unspecified atom stereocenters. The normalized spacial score (nSPS) is 63.4. The number of carbonyl (C=O) groups is 2. The molecule has 0 aromatic heterocycles.